The van der Waals surface area contributed by atoms with E-state index < -0.39 is 0 Å². The third-order valence-electron chi connectivity index (χ3n) is 17.9. The van der Waals surface area contributed by atoms with Crippen molar-refractivity contribution in [2.24, 2.45) is 0 Å². The lowest BCUT2D eigenvalue weighted by Crippen LogP contribution is -2.15. The molecule has 0 heterocycles. The number of anilines is 9. The predicted octanol–water partition coefficient (Wildman–Crippen LogP) is 23.4. The first kappa shape index (κ1) is 58.4. The second-order valence-electron chi connectivity index (χ2n) is 23.9. The summed E-state index contributed by atoms with van der Waals surface area (Å²) in [7, 11) is 0. The van der Waals surface area contributed by atoms with E-state index in [1.165, 1.54) is 50.1 Å². The lowest BCUT2D eigenvalue weighted by molar-refractivity contribution is 0.572. The molecule has 0 saturated carbocycles. The van der Waals surface area contributed by atoms with E-state index in [-0.39, 0.29) is 17.8 Å². The quantitative estimate of drug-likeness (QED) is 0.0632. The smallest absolute Gasteiger partial charge is 0.0482 e. The van der Waals surface area contributed by atoms with Crippen LogP contribution in [0, 0.1) is 6.92 Å². The van der Waals surface area contributed by atoms with Crippen molar-refractivity contribution in [1.29, 1.82) is 0 Å². The number of hydrogen-bond donors (Lipinski definition) is 0. The van der Waals surface area contributed by atoms with E-state index in [4.69, 9.17) is 0 Å². The van der Waals surface area contributed by atoms with E-state index in [1.54, 1.807) is 0 Å². The summed E-state index contributed by atoms with van der Waals surface area (Å²) >= 11 is 0. The van der Waals surface area contributed by atoms with Gasteiger partial charge in [-0.2, -0.15) is 0 Å². The zero-order valence-corrected chi connectivity index (χ0v) is 51.2. The number of rotatable bonds is 23. The first-order valence-electron chi connectivity index (χ1n) is 31.5. The van der Waals surface area contributed by atoms with Gasteiger partial charge in [-0.15, -0.1) is 0 Å². The highest BCUT2D eigenvalue weighted by Crippen LogP contribution is 2.45. The summed E-state index contributed by atoms with van der Waals surface area (Å²) in [5.74, 6) is 1.34. The fraction of sp³-hybridized carbons (Fsp3) is 0.153. The zero-order chi connectivity index (χ0) is 60.0. The van der Waals surface area contributed by atoms with Crippen molar-refractivity contribution in [3.8, 4) is 0 Å². The third-order valence-corrected chi connectivity index (χ3v) is 17.9. The molecule has 0 spiro atoms. The molecule has 0 bridgehead atoms. The summed E-state index contributed by atoms with van der Waals surface area (Å²) in [4.78, 5) is 7.29. The van der Waals surface area contributed by atoms with Gasteiger partial charge in [-0.3, -0.25) is 0 Å². The maximum Gasteiger partial charge on any atom is 0.0482 e. The Bertz CT molecular complexity index is 4130. The average molecular weight is 1140 g/mol. The van der Waals surface area contributed by atoms with Crippen LogP contribution < -0.4 is 14.7 Å². The SMILES string of the molecule is Cc1cccc(C(Cc2cccc(N(c3ccccc3)c3cccc(N(c4ccccc4)c4cccc(C(Cc5cccc(N(c6ccccc6)c6cccc(C(C)CCc7ccccc7)c6)c5)C(C)c5ccccc5)c4)c3)c2)C(C)c2ccccc2)c1. The van der Waals surface area contributed by atoms with E-state index in [0.717, 1.165) is 76.9 Å². The Hall–Kier alpha value is -9.96. The van der Waals surface area contributed by atoms with E-state index in [9.17, 15) is 0 Å². The molecular formula is C85H79N3. The Balaban J connectivity index is 0.893. The third kappa shape index (κ3) is 14.0. The van der Waals surface area contributed by atoms with Gasteiger partial charge < -0.3 is 14.7 Å². The molecule has 0 N–H and O–H groups in total. The largest absolute Gasteiger partial charge is 0.310 e. The van der Waals surface area contributed by atoms with Gasteiger partial charge in [0, 0.05) is 51.2 Å². The Morgan fingerprint density at radius 1 is 0.250 bits per heavy atom. The Kier molecular flexibility index (Phi) is 18.6. The van der Waals surface area contributed by atoms with Crippen LogP contribution in [0.15, 0.2) is 328 Å². The highest BCUT2D eigenvalue weighted by atomic mass is 15.2. The van der Waals surface area contributed by atoms with Crippen LogP contribution in [0.2, 0.25) is 0 Å². The van der Waals surface area contributed by atoms with E-state index in [1.807, 2.05) is 0 Å². The van der Waals surface area contributed by atoms with Crippen LogP contribution in [0.3, 0.4) is 0 Å². The van der Waals surface area contributed by atoms with E-state index >= 15 is 0 Å². The molecule has 0 aliphatic rings. The second-order valence-corrected chi connectivity index (χ2v) is 23.9. The van der Waals surface area contributed by atoms with Crippen molar-refractivity contribution < 1.29 is 0 Å². The summed E-state index contributed by atoms with van der Waals surface area (Å²) in [6, 6.07) is 121. The maximum absolute atomic E-state index is 2.45. The highest BCUT2D eigenvalue weighted by molar-refractivity contribution is 5.83. The van der Waals surface area contributed by atoms with Crippen molar-refractivity contribution in [3.63, 3.8) is 0 Å². The van der Waals surface area contributed by atoms with Gasteiger partial charge in [-0.1, -0.05) is 251 Å². The number of aryl methyl sites for hydroxylation is 2. The number of para-hydroxylation sites is 3. The van der Waals surface area contributed by atoms with Gasteiger partial charge in [0.05, 0.1) is 0 Å². The fourth-order valence-corrected chi connectivity index (χ4v) is 13.1. The molecule has 88 heavy (non-hydrogen) atoms. The molecule has 0 aliphatic heterocycles. The standard InChI is InChI=1S/C85H79N3/c1-63-29-23-39-73(55-63)84(65(3)70-34-13-6-14-35-70)58-68-32-25-48-79(57-68)87(76-43-19-9-20-44-76)82-51-28-52-83(62-82)88(77-45-21-10-22-46-77)81-50-27-40-74(61-81)85(66(4)71-36-15-7-16-37-71)59-69-33-24-47-78(56-69)86(75-41-17-8-18-42-75)80-49-26-38-72(60-80)64(2)53-54-67-30-11-5-12-31-67/h5-52,55-57,60-62,64-66,84-85H,53-54,58-59H2,1-4H3. The predicted molar refractivity (Wildman–Crippen MR) is 374 cm³/mol. The summed E-state index contributed by atoms with van der Waals surface area (Å²) in [6.45, 7) is 9.37. The molecule has 12 aromatic carbocycles. The molecular weight excluding hydrogens is 1060 g/mol. The van der Waals surface area contributed by atoms with Crippen LogP contribution in [-0.4, -0.2) is 0 Å². The van der Waals surface area contributed by atoms with Crippen molar-refractivity contribution in [1.82, 2.24) is 0 Å². The number of nitrogens with zero attached hydrogens (tertiary/aromatic N) is 3. The minimum Gasteiger partial charge on any atom is -0.310 e. The summed E-state index contributed by atoms with van der Waals surface area (Å²) in [5, 5.41) is 0. The first-order chi connectivity index (χ1) is 43.3. The molecule has 3 heteroatoms. The monoisotopic (exact) mass is 1140 g/mol. The molecule has 0 aliphatic carbocycles. The van der Waals surface area contributed by atoms with Gasteiger partial charge >= 0.3 is 0 Å². The Morgan fingerprint density at radius 2 is 0.545 bits per heavy atom. The second kappa shape index (κ2) is 28.0. The van der Waals surface area contributed by atoms with E-state index in [0.29, 0.717) is 11.8 Å². The molecule has 3 nitrogen and oxygen atoms in total. The molecule has 12 rings (SSSR count). The maximum atomic E-state index is 2.45. The van der Waals surface area contributed by atoms with Crippen LogP contribution >= 0.6 is 0 Å². The molecule has 5 atom stereocenters. The van der Waals surface area contributed by atoms with Crippen molar-refractivity contribution in [2.75, 3.05) is 14.7 Å². The van der Waals surface area contributed by atoms with Gasteiger partial charge in [-0.25, -0.2) is 0 Å². The lowest BCUT2D eigenvalue weighted by atomic mass is 9.78. The van der Waals surface area contributed by atoms with Crippen LogP contribution in [0.4, 0.5) is 51.2 Å². The zero-order valence-electron chi connectivity index (χ0n) is 51.2. The average Bonchev–Trinajstić information content (AvgIpc) is 3.22. The van der Waals surface area contributed by atoms with Crippen LogP contribution in [0.1, 0.15) is 107 Å². The summed E-state index contributed by atoms with van der Waals surface area (Å²) in [5.41, 5.74) is 22.0. The van der Waals surface area contributed by atoms with Crippen LogP contribution in [0.5, 0.6) is 0 Å². The van der Waals surface area contributed by atoms with Gasteiger partial charge in [0.2, 0.25) is 0 Å². The topological polar surface area (TPSA) is 9.72 Å². The molecule has 0 saturated heterocycles. The molecule has 12 aromatic rings. The fourth-order valence-electron chi connectivity index (χ4n) is 13.1. The first-order valence-corrected chi connectivity index (χ1v) is 31.5. The van der Waals surface area contributed by atoms with Gasteiger partial charge in [0.15, 0.2) is 0 Å². The van der Waals surface area contributed by atoms with Crippen molar-refractivity contribution in [2.45, 2.75) is 83.0 Å². The molecule has 0 aromatic heterocycles. The van der Waals surface area contributed by atoms with Gasteiger partial charge in [-0.05, 0) is 210 Å². The van der Waals surface area contributed by atoms with Crippen LogP contribution in [-0.2, 0) is 19.3 Å². The van der Waals surface area contributed by atoms with Crippen molar-refractivity contribution >= 4 is 51.2 Å². The summed E-state index contributed by atoms with van der Waals surface area (Å²) in [6.07, 6.45) is 3.88. The molecule has 434 valence electrons. The Morgan fingerprint density at radius 3 is 0.977 bits per heavy atom. The summed E-state index contributed by atoms with van der Waals surface area (Å²) < 4.78 is 0. The highest BCUT2D eigenvalue weighted by Gasteiger charge is 2.27. The Labute approximate surface area is 523 Å². The number of hydrogen-bond acceptors (Lipinski definition) is 3. The van der Waals surface area contributed by atoms with Gasteiger partial charge in [0.25, 0.3) is 0 Å². The molecule has 5 unspecified atom stereocenters. The minimum atomic E-state index is 0.141. The lowest BCUT2D eigenvalue weighted by Gasteiger charge is -2.31. The number of benzene rings is 12. The molecule has 0 amide bonds. The normalized spacial score (nSPS) is 13.0. The van der Waals surface area contributed by atoms with Crippen LogP contribution in [0.25, 0.3) is 0 Å². The van der Waals surface area contributed by atoms with E-state index in [2.05, 4.69) is 370 Å². The van der Waals surface area contributed by atoms with Crippen molar-refractivity contribution in [3.05, 3.63) is 378 Å². The molecule has 0 radical (unpaired) electrons. The molecule has 0 fully saturated rings. The van der Waals surface area contributed by atoms with Gasteiger partial charge in [0.1, 0.15) is 0 Å². The minimum absolute atomic E-state index is 0.141.